The van der Waals surface area contributed by atoms with Gasteiger partial charge in [-0.05, 0) is 37.5 Å². The topological polar surface area (TPSA) is 53.1 Å². The largest absolute Gasteiger partial charge is 0.396 e. The third-order valence-electron chi connectivity index (χ3n) is 3.70. The molecular weight excluding hydrogens is 238 g/mol. The molecule has 0 radical (unpaired) electrons. The van der Waals surface area contributed by atoms with E-state index in [9.17, 15) is 0 Å². The van der Waals surface area contributed by atoms with Gasteiger partial charge in [0.2, 0.25) is 0 Å². The SMILES string of the molecule is Cc1ccc(C)c(-n2cc(N)c(C3CCOC3)n2)c1. The molecule has 0 aliphatic carbocycles. The third kappa shape index (κ3) is 2.24. The number of anilines is 1. The maximum Gasteiger partial charge on any atom is 0.0912 e. The van der Waals surface area contributed by atoms with E-state index >= 15 is 0 Å². The van der Waals surface area contributed by atoms with Crippen molar-refractivity contribution in [2.45, 2.75) is 26.2 Å². The highest BCUT2D eigenvalue weighted by Gasteiger charge is 2.23. The van der Waals surface area contributed by atoms with Gasteiger partial charge in [-0.1, -0.05) is 12.1 Å². The zero-order valence-electron chi connectivity index (χ0n) is 11.4. The zero-order chi connectivity index (χ0) is 13.4. The minimum absolute atomic E-state index is 0.339. The molecule has 1 unspecified atom stereocenters. The quantitative estimate of drug-likeness (QED) is 0.899. The van der Waals surface area contributed by atoms with Gasteiger partial charge in [0.25, 0.3) is 0 Å². The lowest BCUT2D eigenvalue weighted by molar-refractivity contribution is 0.193. The summed E-state index contributed by atoms with van der Waals surface area (Å²) in [5.41, 5.74) is 11.4. The number of nitrogens with zero attached hydrogens (tertiary/aromatic N) is 2. The van der Waals surface area contributed by atoms with Crippen LogP contribution in [0.1, 0.15) is 29.2 Å². The molecule has 0 spiro atoms. The summed E-state index contributed by atoms with van der Waals surface area (Å²) < 4.78 is 7.31. The average molecular weight is 257 g/mol. The van der Waals surface area contributed by atoms with Crippen LogP contribution in [0.25, 0.3) is 5.69 Å². The molecule has 1 aromatic carbocycles. The molecule has 1 aromatic heterocycles. The Hall–Kier alpha value is -1.81. The number of benzene rings is 1. The van der Waals surface area contributed by atoms with Crippen molar-refractivity contribution in [3.05, 3.63) is 41.2 Å². The van der Waals surface area contributed by atoms with Crippen LogP contribution in [0.4, 0.5) is 5.69 Å². The number of rotatable bonds is 2. The molecule has 1 atom stereocenters. The number of hydrogen-bond acceptors (Lipinski definition) is 3. The maximum atomic E-state index is 6.11. The number of hydrogen-bond donors (Lipinski definition) is 1. The molecule has 4 heteroatoms. The smallest absolute Gasteiger partial charge is 0.0912 e. The van der Waals surface area contributed by atoms with Gasteiger partial charge < -0.3 is 10.5 Å². The fraction of sp³-hybridized carbons (Fsp3) is 0.400. The summed E-state index contributed by atoms with van der Waals surface area (Å²) in [4.78, 5) is 0. The fourth-order valence-corrected chi connectivity index (χ4v) is 2.56. The Morgan fingerprint density at radius 2 is 2.21 bits per heavy atom. The van der Waals surface area contributed by atoms with Crippen LogP contribution >= 0.6 is 0 Å². The van der Waals surface area contributed by atoms with E-state index in [1.54, 1.807) is 0 Å². The first kappa shape index (κ1) is 12.2. The van der Waals surface area contributed by atoms with Crippen molar-refractivity contribution in [2.75, 3.05) is 18.9 Å². The molecule has 0 saturated carbocycles. The number of aryl methyl sites for hydroxylation is 2. The summed E-state index contributed by atoms with van der Waals surface area (Å²) in [6.45, 7) is 5.71. The van der Waals surface area contributed by atoms with E-state index < -0.39 is 0 Å². The molecule has 100 valence electrons. The Labute approximate surface area is 113 Å². The Balaban J connectivity index is 2.01. The van der Waals surface area contributed by atoms with Crippen molar-refractivity contribution in [3.63, 3.8) is 0 Å². The summed E-state index contributed by atoms with van der Waals surface area (Å²) in [6.07, 6.45) is 2.92. The Kier molecular flexibility index (Phi) is 3.03. The van der Waals surface area contributed by atoms with Gasteiger partial charge in [0.1, 0.15) is 0 Å². The molecule has 2 N–H and O–H groups in total. The second kappa shape index (κ2) is 4.70. The van der Waals surface area contributed by atoms with Crippen molar-refractivity contribution in [3.8, 4) is 5.69 Å². The molecule has 4 nitrogen and oxygen atoms in total. The van der Waals surface area contributed by atoms with Gasteiger partial charge in [0.05, 0.1) is 29.9 Å². The Morgan fingerprint density at radius 1 is 1.37 bits per heavy atom. The molecule has 1 saturated heterocycles. The van der Waals surface area contributed by atoms with Crippen molar-refractivity contribution < 1.29 is 4.74 Å². The van der Waals surface area contributed by atoms with Gasteiger partial charge in [-0.2, -0.15) is 5.10 Å². The van der Waals surface area contributed by atoms with Crippen LogP contribution in [0, 0.1) is 13.8 Å². The van der Waals surface area contributed by atoms with Crippen molar-refractivity contribution >= 4 is 5.69 Å². The van der Waals surface area contributed by atoms with Gasteiger partial charge >= 0.3 is 0 Å². The number of nitrogens with two attached hydrogens (primary N) is 1. The molecule has 0 bridgehead atoms. The highest BCUT2D eigenvalue weighted by molar-refractivity contribution is 5.49. The molecule has 2 aromatic rings. The van der Waals surface area contributed by atoms with Crippen LogP contribution in [-0.2, 0) is 4.74 Å². The summed E-state index contributed by atoms with van der Waals surface area (Å²) in [7, 11) is 0. The second-order valence-electron chi connectivity index (χ2n) is 5.26. The minimum atomic E-state index is 0.339. The van der Waals surface area contributed by atoms with Gasteiger partial charge in [-0.15, -0.1) is 0 Å². The summed E-state index contributed by atoms with van der Waals surface area (Å²) >= 11 is 0. The van der Waals surface area contributed by atoms with E-state index in [1.165, 1.54) is 11.1 Å². The fourth-order valence-electron chi connectivity index (χ4n) is 2.56. The van der Waals surface area contributed by atoms with Crippen molar-refractivity contribution in [2.24, 2.45) is 0 Å². The summed E-state index contributed by atoms with van der Waals surface area (Å²) in [5.74, 6) is 0.339. The molecule has 3 rings (SSSR count). The molecular formula is C15H19N3O. The van der Waals surface area contributed by atoms with E-state index in [2.05, 4.69) is 37.1 Å². The first-order chi connectivity index (χ1) is 9.15. The Morgan fingerprint density at radius 3 is 2.95 bits per heavy atom. The van der Waals surface area contributed by atoms with Gasteiger partial charge in [-0.25, -0.2) is 4.68 Å². The van der Waals surface area contributed by atoms with E-state index in [0.29, 0.717) is 5.92 Å². The minimum Gasteiger partial charge on any atom is -0.396 e. The molecule has 2 heterocycles. The third-order valence-corrected chi connectivity index (χ3v) is 3.70. The normalized spacial score (nSPS) is 18.9. The van der Waals surface area contributed by atoms with E-state index in [0.717, 1.165) is 36.7 Å². The van der Waals surface area contributed by atoms with E-state index in [4.69, 9.17) is 10.5 Å². The van der Waals surface area contributed by atoms with Gasteiger partial charge in [0, 0.05) is 12.5 Å². The first-order valence-electron chi connectivity index (χ1n) is 6.65. The van der Waals surface area contributed by atoms with Crippen molar-refractivity contribution in [1.82, 2.24) is 9.78 Å². The van der Waals surface area contributed by atoms with Crippen LogP contribution in [0.5, 0.6) is 0 Å². The van der Waals surface area contributed by atoms with Gasteiger partial charge in [-0.3, -0.25) is 0 Å². The lowest BCUT2D eigenvalue weighted by Crippen LogP contribution is -2.04. The standard InChI is InChI=1S/C15H19N3O/c1-10-3-4-11(2)14(7-10)18-8-13(16)15(17-18)12-5-6-19-9-12/h3-4,7-8,12H,5-6,9,16H2,1-2H3. The lowest BCUT2D eigenvalue weighted by Gasteiger charge is -2.07. The average Bonchev–Trinajstić information content (AvgIpc) is 3.01. The second-order valence-corrected chi connectivity index (χ2v) is 5.26. The maximum absolute atomic E-state index is 6.11. The molecule has 1 fully saturated rings. The van der Waals surface area contributed by atoms with E-state index in [1.807, 2.05) is 10.9 Å². The predicted octanol–water partition coefficient (Wildman–Crippen LogP) is 2.58. The van der Waals surface area contributed by atoms with Crippen molar-refractivity contribution in [1.29, 1.82) is 0 Å². The van der Waals surface area contributed by atoms with Gasteiger partial charge in [0.15, 0.2) is 0 Å². The zero-order valence-corrected chi connectivity index (χ0v) is 11.4. The van der Waals surface area contributed by atoms with Crippen LogP contribution in [0.3, 0.4) is 0 Å². The van der Waals surface area contributed by atoms with E-state index in [-0.39, 0.29) is 0 Å². The number of ether oxygens (including phenoxy) is 1. The van der Waals surface area contributed by atoms with Crippen LogP contribution < -0.4 is 5.73 Å². The summed E-state index contributed by atoms with van der Waals surface area (Å²) in [6, 6.07) is 6.36. The number of aromatic nitrogens is 2. The lowest BCUT2D eigenvalue weighted by atomic mass is 10.0. The Bertz CT molecular complexity index is 597. The summed E-state index contributed by atoms with van der Waals surface area (Å²) in [5, 5.41) is 4.68. The predicted molar refractivity (Wildman–Crippen MR) is 75.6 cm³/mol. The first-order valence-corrected chi connectivity index (χ1v) is 6.65. The van der Waals surface area contributed by atoms with Crippen LogP contribution in [0.2, 0.25) is 0 Å². The molecule has 1 aliphatic rings. The molecule has 1 aliphatic heterocycles. The molecule has 0 amide bonds. The monoisotopic (exact) mass is 257 g/mol. The molecule has 19 heavy (non-hydrogen) atoms. The highest BCUT2D eigenvalue weighted by Crippen LogP contribution is 2.29. The number of nitrogen functional groups attached to an aromatic ring is 1. The van der Waals surface area contributed by atoms with Crippen LogP contribution in [0.15, 0.2) is 24.4 Å². The van der Waals surface area contributed by atoms with Crippen LogP contribution in [-0.4, -0.2) is 23.0 Å². The highest BCUT2D eigenvalue weighted by atomic mass is 16.5.